The average Bonchev–Trinajstić information content (AvgIpc) is 3.53. The Kier molecular flexibility index (Phi) is 6.73. The van der Waals surface area contributed by atoms with Gasteiger partial charge in [-0.05, 0) is 94.4 Å². The number of hydrogen-bond acceptors (Lipinski definition) is 5. The van der Waals surface area contributed by atoms with Crippen molar-refractivity contribution in [2.45, 2.75) is 69.2 Å². The highest BCUT2D eigenvalue weighted by atomic mass is 32.2. The number of esters is 1. The minimum Gasteiger partial charge on any atom is -0.461 e. The van der Waals surface area contributed by atoms with E-state index in [9.17, 15) is 13.2 Å². The lowest BCUT2D eigenvalue weighted by molar-refractivity contribution is 0.0518. The van der Waals surface area contributed by atoms with Gasteiger partial charge in [-0.1, -0.05) is 36.6 Å². The number of rotatable bonds is 6. The third-order valence-electron chi connectivity index (χ3n) is 7.67. The van der Waals surface area contributed by atoms with Gasteiger partial charge in [0.2, 0.25) is 0 Å². The Labute approximate surface area is 207 Å². The molecular weight excluding hydrogens is 460 g/mol. The van der Waals surface area contributed by atoms with Crippen LogP contribution in [0.25, 0.3) is 10.9 Å². The standard InChI is InChI=1S/C28H34N2O4S/c1-3-34-28(31)27-19-23-18-22(21-14-16-29(17-15-21)24-6-4-5-7-24)10-13-26(23)30(27)35(32,33)25-11-8-20(2)9-12-25/h8-13,18-19,21,24H,3-7,14-17H2,1-2H3. The van der Waals surface area contributed by atoms with Crippen molar-refractivity contribution in [3.05, 3.63) is 65.4 Å². The molecule has 2 aromatic carbocycles. The third-order valence-corrected chi connectivity index (χ3v) is 9.41. The Morgan fingerprint density at radius 2 is 1.66 bits per heavy atom. The van der Waals surface area contributed by atoms with E-state index < -0.39 is 16.0 Å². The summed E-state index contributed by atoms with van der Waals surface area (Å²) in [6.07, 6.45) is 7.58. The van der Waals surface area contributed by atoms with Gasteiger partial charge in [-0.15, -0.1) is 0 Å². The second-order valence-corrected chi connectivity index (χ2v) is 11.7. The Hall–Kier alpha value is -2.64. The largest absolute Gasteiger partial charge is 0.461 e. The molecule has 0 bridgehead atoms. The van der Waals surface area contributed by atoms with Crippen LogP contribution in [-0.4, -0.2) is 49.0 Å². The van der Waals surface area contributed by atoms with E-state index in [1.807, 2.05) is 19.1 Å². The van der Waals surface area contributed by atoms with Gasteiger partial charge >= 0.3 is 5.97 Å². The topological polar surface area (TPSA) is 68.6 Å². The third kappa shape index (κ3) is 4.64. The van der Waals surface area contributed by atoms with Crippen molar-refractivity contribution in [2.24, 2.45) is 0 Å². The summed E-state index contributed by atoms with van der Waals surface area (Å²) in [6, 6.07) is 15.1. The Morgan fingerprint density at radius 1 is 0.971 bits per heavy atom. The monoisotopic (exact) mass is 494 g/mol. The molecule has 0 N–H and O–H groups in total. The average molecular weight is 495 g/mol. The van der Waals surface area contributed by atoms with Crippen molar-refractivity contribution in [3.63, 3.8) is 0 Å². The number of carbonyl (C=O) groups is 1. The molecule has 0 atom stereocenters. The summed E-state index contributed by atoms with van der Waals surface area (Å²) in [5.41, 5.74) is 2.72. The van der Waals surface area contributed by atoms with Gasteiger partial charge in [0.05, 0.1) is 17.0 Å². The molecule has 1 aromatic heterocycles. The molecule has 35 heavy (non-hydrogen) atoms. The first-order chi connectivity index (χ1) is 16.9. The van der Waals surface area contributed by atoms with E-state index in [4.69, 9.17) is 4.74 Å². The fourth-order valence-corrected chi connectivity index (χ4v) is 7.25. The summed E-state index contributed by atoms with van der Waals surface area (Å²) in [7, 11) is -3.98. The van der Waals surface area contributed by atoms with Crippen LogP contribution in [0, 0.1) is 6.92 Å². The summed E-state index contributed by atoms with van der Waals surface area (Å²) >= 11 is 0. The molecule has 2 heterocycles. The molecular formula is C28H34N2O4S. The molecule has 186 valence electrons. The minimum absolute atomic E-state index is 0.0376. The maximum Gasteiger partial charge on any atom is 0.356 e. The quantitative estimate of drug-likeness (QED) is 0.424. The van der Waals surface area contributed by atoms with E-state index in [0.717, 1.165) is 46.9 Å². The van der Waals surface area contributed by atoms with Crippen molar-refractivity contribution >= 4 is 26.9 Å². The SMILES string of the molecule is CCOC(=O)c1cc2cc(C3CCN(C4CCCC4)CC3)ccc2n1S(=O)(=O)c1ccc(C)cc1. The first-order valence-electron chi connectivity index (χ1n) is 12.8. The molecule has 0 radical (unpaired) electrons. The highest BCUT2D eigenvalue weighted by Crippen LogP contribution is 2.35. The highest BCUT2D eigenvalue weighted by molar-refractivity contribution is 7.90. The zero-order chi connectivity index (χ0) is 24.6. The van der Waals surface area contributed by atoms with Crippen molar-refractivity contribution in [2.75, 3.05) is 19.7 Å². The van der Waals surface area contributed by atoms with Gasteiger partial charge in [0, 0.05) is 11.4 Å². The predicted octanol–water partition coefficient (Wildman–Crippen LogP) is 5.49. The van der Waals surface area contributed by atoms with Crippen LogP contribution in [-0.2, 0) is 14.8 Å². The van der Waals surface area contributed by atoms with Gasteiger partial charge in [-0.25, -0.2) is 17.2 Å². The smallest absolute Gasteiger partial charge is 0.356 e. The van der Waals surface area contributed by atoms with Gasteiger partial charge in [0.15, 0.2) is 0 Å². The van der Waals surface area contributed by atoms with Gasteiger partial charge in [0.1, 0.15) is 5.69 Å². The molecule has 1 saturated heterocycles. The summed E-state index contributed by atoms with van der Waals surface area (Å²) in [4.78, 5) is 15.6. The first kappa shape index (κ1) is 24.1. The number of hydrogen-bond donors (Lipinski definition) is 0. The molecule has 2 fully saturated rings. The molecule has 6 nitrogen and oxygen atoms in total. The molecule has 0 amide bonds. The Balaban J connectivity index is 1.49. The van der Waals surface area contributed by atoms with E-state index in [2.05, 4.69) is 11.0 Å². The zero-order valence-corrected chi connectivity index (χ0v) is 21.4. The number of ether oxygens (including phenoxy) is 1. The second-order valence-electron chi connectivity index (χ2n) is 9.90. The number of nitrogens with zero attached hydrogens (tertiary/aromatic N) is 2. The molecule has 3 aromatic rings. The van der Waals surface area contributed by atoms with Crippen molar-refractivity contribution < 1.29 is 17.9 Å². The van der Waals surface area contributed by atoms with Crippen LogP contribution in [0.2, 0.25) is 0 Å². The number of carbonyl (C=O) groups excluding carboxylic acids is 1. The Bertz CT molecular complexity index is 1310. The fraction of sp³-hybridized carbons (Fsp3) is 0.464. The van der Waals surface area contributed by atoms with Crippen molar-refractivity contribution in [1.29, 1.82) is 0 Å². The fourth-order valence-electron chi connectivity index (χ4n) is 5.75. The van der Waals surface area contributed by atoms with Crippen LogP contribution < -0.4 is 0 Å². The van der Waals surface area contributed by atoms with Gasteiger partial charge in [-0.3, -0.25) is 0 Å². The molecule has 1 saturated carbocycles. The lowest BCUT2D eigenvalue weighted by atomic mass is 9.88. The van der Waals surface area contributed by atoms with Gasteiger partial charge in [0.25, 0.3) is 10.0 Å². The summed E-state index contributed by atoms with van der Waals surface area (Å²) < 4.78 is 33.7. The maximum atomic E-state index is 13.6. The lowest BCUT2D eigenvalue weighted by Gasteiger charge is -2.36. The summed E-state index contributed by atoms with van der Waals surface area (Å²) in [5.74, 6) is -0.189. The normalized spacial score (nSPS) is 18.3. The molecule has 1 aliphatic heterocycles. The summed E-state index contributed by atoms with van der Waals surface area (Å²) in [6.45, 7) is 6.03. The highest BCUT2D eigenvalue weighted by Gasteiger charge is 2.30. The lowest BCUT2D eigenvalue weighted by Crippen LogP contribution is -2.39. The van der Waals surface area contributed by atoms with Gasteiger partial charge in [-0.2, -0.15) is 0 Å². The number of piperidine rings is 1. The van der Waals surface area contributed by atoms with E-state index in [1.165, 1.54) is 31.2 Å². The van der Waals surface area contributed by atoms with Crippen LogP contribution in [0.4, 0.5) is 0 Å². The van der Waals surface area contributed by atoms with Crippen LogP contribution >= 0.6 is 0 Å². The first-order valence-corrected chi connectivity index (χ1v) is 14.2. The molecule has 2 aliphatic rings. The number of aromatic nitrogens is 1. The molecule has 0 unspecified atom stereocenters. The van der Waals surface area contributed by atoms with Crippen LogP contribution in [0.1, 0.15) is 73.0 Å². The van der Waals surface area contributed by atoms with E-state index >= 15 is 0 Å². The Morgan fingerprint density at radius 3 is 2.31 bits per heavy atom. The van der Waals surface area contributed by atoms with E-state index in [1.54, 1.807) is 37.3 Å². The number of fused-ring (bicyclic) bond motifs is 1. The number of aryl methyl sites for hydroxylation is 1. The van der Waals surface area contributed by atoms with E-state index in [0.29, 0.717) is 11.4 Å². The molecule has 0 spiro atoms. The van der Waals surface area contributed by atoms with E-state index in [-0.39, 0.29) is 17.2 Å². The molecule has 7 heteroatoms. The minimum atomic E-state index is -3.98. The van der Waals surface area contributed by atoms with Crippen LogP contribution in [0.15, 0.2) is 53.4 Å². The summed E-state index contributed by atoms with van der Waals surface area (Å²) in [5, 5.41) is 0.750. The molecule has 1 aliphatic carbocycles. The maximum absolute atomic E-state index is 13.6. The zero-order valence-electron chi connectivity index (χ0n) is 20.6. The van der Waals surface area contributed by atoms with Crippen LogP contribution in [0.5, 0.6) is 0 Å². The van der Waals surface area contributed by atoms with Crippen molar-refractivity contribution in [1.82, 2.24) is 8.87 Å². The van der Waals surface area contributed by atoms with Crippen LogP contribution in [0.3, 0.4) is 0 Å². The molecule has 5 rings (SSSR count). The number of likely N-dealkylation sites (tertiary alicyclic amines) is 1. The predicted molar refractivity (Wildman–Crippen MR) is 137 cm³/mol. The van der Waals surface area contributed by atoms with Gasteiger partial charge < -0.3 is 9.64 Å². The van der Waals surface area contributed by atoms with Crippen molar-refractivity contribution in [3.8, 4) is 0 Å². The number of benzene rings is 2. The second kappa shape index (κ2) is 9.78.